The molecule has 0 heterocycles. The van der Waals surface area contributed by atoms with Gasteiger partial charge in [-0.05, 0) is 73.2 Å². The maximum Gasteiger partial charge on any atom is 0.156 e. The number of hydrogen-bond donors (Lipinski definition) is 0. The molecular formula is C19H28O. The second-order valence-corrected chi connectivity index (χ2v) is 8.63. The first-order valence-corrected chi connectivity index (χ1v) is 8.79. The smallest absolute Gasteiger partial charge is 0.156 e. The molecule has 20 heavy (non-hydrogen) atoms. The third-order valence-electron chi connectivity index (χ3n) is 7.10. The number of fused-ring (bicyclic) bond motifs is 5. The molecule has 4 aliphatic carbocycles. The van der Waals surface area contributed by atoms with Crippen molar-refractivity contribution >= 4 is 5.78 Å². The molecule has 0 bridgehead atoms. The highest BCUT2D eigenvalue weighted by Crippen LogP contribution is 2.60. The predicted molar refractivity (Wildman–Crippen MR) is 81.3 cm³/mol. The van der Waals surface area contributed by atoms with E-state index in [2.05, 4.69) is 13.8 Å². The number of rotatable bonds is 0. The van der Waals surface area contributed by atoms with E-state index in [1.807, 2.05) is 6.08 Å². The fraction of sp³-hybridized carbons (Fsp3) is 0.842. The molecule has 0 spiro atoms. The highest BCUT2D eigenvalue weighted by molar-refractivity contribution is 5.92. The fourth-order valence-electron chi connectivity index (χ4n) is 6.59. The van der Waals surface area contributed by atoms with E-state index in [0.29, 0.717) is 11.7 Å². The summed E-state index contributed by atoms with van der Waals surface area (Å²) in [6, 6.07) is 0. The van der Waals surface area contributed by atoms with Gasteiger partial charge in [0, 0.05) is 6.42 Å². The molecule has 5 unspecified atom stereocenters. The van der Waals surface area contributed by atoms with Crippen molar-refractivity contribution in [3.05, 3.63) is 11.6 Å². The Kier molecular flexibility index (Phi) is 2.91. The summed E-state index contributed by atoms with van der Waals surface area (Å²) in [5.41, 5.74) is 1.72. The number of ketones is 1. The molecule has 0 radical (unpaired) electrons. The summed E-state index contributed by atoms with van der Waals surface area (Å²) >= 11 is 0. The molecule has 0 aromatic heterocycles. The van der Waals surface area contributed by atoms with Crippen LogP contribution in [-0.4, -0.2) is 5.78 Å². The lowest BCUT2D eigenvalue weighted by Gasteiger charge is -2.54. The van der Waals surface area contributed by atoms with E-state index in [1.54, 1.807) is 0 Å². The Morgan fingerprint density at radius 2 is 1.85 bits per heavy atom. The summed E-state index contributed by atoms with van der Waals surface area (Å²) in [7, 11) is 0. The summed E-state index contributed by atoms with van der Waals surface area (Å²) in [6.07, 6.45) is 12.8. The molecule has 0 saturated heterocycles. The van der Waals surface area contributed by atoms with Crippen LogP contribution in [0.5, 0.6) is 0 Å². The fourth-order valence-corrected chi connectivity index (χ4v) is 6.59. The average molecular weight is 272 g/mol. The zero-order valence-corrected chi connectivity index (χ0v) is 13.0. The minimum atomic E-state index is 0.204. The van der Waals surface area contributed by atoms with Crippen LogP contribution in [0.2, 0.25) is 0 Å². The first kappa shape index (κ1) is 13.1. The Bertz CT molecular complexity index is 458. The largest absolute Gasteiger partial charge is 0.295 e. The van der Waals surface area contributed by atoms with Crippen molar-refractivity contribution in [1.29, 1.82) is 0 Å². The normalized spacial score (nSPS) is 46.2. The molecule has 1 nitrogen and oxygen atoms in total. The summed E-state index contributed by atoms with van der Waals surface area (Å²) in [6.45, 7) is 4.71. The average Bonchev–Trinajstić information content (AvgIpc) is 2.84. The zero-order valence-electron chi connectivity index (χ0n) is 13.0. The van der Waals surface area contributed by atoms with E-state index in [-0.39, 0.29) is 5.41 Å². The van der Waals surface area contributed by atoms with Crippen LogP contribution in [0.15, 0.2) is 11.6 Å². The highest BCUT2D eigenvalue weighted by atomic mass is 16.1. The van der Waals surface area contributed by atoms with Gasteiger partial charge in [0.05, 0.1) is 0 Å². The predicted octanol–water partition coefficient (Wildman–Crippen LogP) is 4.76. The summed E-state index contributed by atoms with van der Waals surface area (Å²) in [5.74, 6) is 5.04. The van der Waals surface area contributed by atoms with Crippen molar-refractivity contribution in [2.45, 2.75) is 65.2 Å². The van der Waals surface area contributed by atoms with Crippen molar-refractivity contribution in [2.24, 2.45) is 35.0 Å². The third kappa shape index (κ3) is 1.84. The van der Waals surface area contributed by atoms with Gasteiger partial charge in [-0.3, -0.25) is 4.79 Å². The van der Waals surface area contributed by atoms with E-state index in [1.165, 1.54) is 50.5 Å². The molecule has 0 amide bonds. The van der Waals surface area contributed by atoms with Crippen molar-refractivity contribution in [3.8, 4) is 0 Å². The molecule has 4 aliphatic rings. The van der Waals surface area contributed by atoms with Crippen molar-refractivity contribution < 1.29 is 4.79 Å². The van der Waals surface area contributed by atoms with Crippen LogP contribution in [-0.2, 0) is 4.79 Å². The van der Waals surface area contributed by atoms with Crippen LogP contribution in [0.3, 0.4) is 0 Å². The second kappa shape index (κ2) is 4.45. The maximum absolute atomic E-state index is 12.0. The van der Waals surface area contributed by atoms with Gasteiger partial charge in [0.2, 0.25) is 0 Å². The molecule has 4 rings (SSSR count). The van der Waals surface area contributed by atoms with Gasteiger partial charge in [-0.2, -0.15) is 0 Å². The van der Waals surface area contributed by atoms with Crippen molar-refractivity contribution in [2.75, 3.05) is 0 Å². The number of carbonyl (C=O) groups excluding carboxylic acids is 1. The van der Waals surface area contributed by atoms with Gasteiger partial charge >= 0.3 is 0 Å². The molecule has 5 atom stereocenters. The molecular weight excluding hydrogens is 244 g/mol. The molecule has 110 valence electrons. The molecule has 0 aromatic carbocycles. The van der Waals surface area contributed by atoms with Crippen LogP contribution >= 0.6 is 0 Å². The lowest BCUT2D eigenvalue weighted by Crippen LogP contribution is -2.47. The zero-order chi connectivity index (χ0) is 13.9. The van der Waals surface area contributed by atoms with E-state index in [9.17, 15) is 4.79 Å². The first-order valence-electron chi connectivity index (χ1n) is 8.79. The Morgan fingerprint density at radius 1 is 1.00 bits per heavy atom. The van der Waals surface area contributed by atoms with Crippen LogP contribution in [0.4, 0.5) is 0 Å². The molecule has 3 fully saturated rings. The number of allylic oxidation sites excluding steroid dienone is 1. The minimum absolute atomic E-state index is 0.204. The lowest BCUT2D eigenvalue weighted by atomic mass is 9.51. The van der Waals surface area contributed by atoms with Crippen molar-refractivity contribution in [1.82, 2.24) is 0 Å². The van der Waals surface area contributed by atoms with Gasteiger partial charge in [0.1, 0.15) is 0 Å². The van der Waals surface area contributed by atoms with Crippen LogP contribution in [0.1, 0.15) is 65.2 Å². The first-order chi connectivity index (χ1) is 9.56. The van der Waals surface area contributed by atoms with Crippen LogP contribution in [0, 0.1) is 35.0 Å². The van der Waals surface area contributed by atoms with Gasteiger partial charge in [0.25, 0.3) is 0 Å². The summed E-state index contributed by atoms with van der Waals surface area (Å²) in [5, 5.41) is 0. The molecule has 0 aliphatic heterocycles. The van der Waals surface area contributed by atoms with E-state index in [0.717, 1.165) is 30.1 Å². The number of hydrogen-bond acceptors (Lipinski definition) is 1. The van der Waals surface area contributed by atoms with Gasteiger partial charge in [0.15, 0.2) is 5.78 Å². The van der Waals surface area contributed by atoms with Gasteiger partial charge in [-0.1, -0.05) is 32.3 Å². The van der Waals surface area contributed by atoms with Crippen LogP contribution < -0.4 is 0 Å². The maximum atomic E-state index is 12.0. The summed E-state index contributed by atoms with van der Waals surface area (Å²) < 4.78 is 0. The van der Waals surface area contributed by atoms with E-state index < -0.39 is 0 Å². The number of carbonyl (C=O) groups is 1. The van der Waals surface area contributed by atoms with Gasteiger partial charge < -0.3 is 0 Å². The quantitative estimate of drug-likeness (QED) is 0.621. The SMILES string of the molecule is CC1(C)CC(=O)C=C2CCC3C4CCCC4CCC3C21. The molecule has 1 heteroatoms. The third-order valence-corrected chi connectivity index (χ3v) is 7.10. The highest BCUT2D eigenvalue weighted by Gasteiger charge is 2.52. The summed E-state index contributed by atoms with van der Waals surface area (Å²) in [4.78, 5) is 12.0. The van der Waals surface area contributed by atoms with Crippen molar-refractivity contribution in [3.63, 3.8) is 0 Å². The second-order valence-electron chi connectivity index (χ2n) is 8.63. The molecule has 0 N–H and O–H groups in total. The molecule has 3 saturated carbocycles. The monoisotopic (exact) mass is 272 g/mol. The molecule has 0 aromatic rings. The van der Waals surface area contributed by atoms with Crippen LogP contribution in [0.25, 0.3) is 0 Å². The topological polar surface area (TPSA) is 17.1 Å². The Morgan fingerprint density at radius 3 is 2.70 bits per heavy atom. The van der Waals surface area contributed by atoms with E-state index >= 15 is 0 Å². The Labute approximate surface area is 123 Å². The van der Waals surface area contributed by atoms with Gasteiger partial charge in [-0.25, -0.2) is 0 Å². The lowest BCUT2D eigenvalue weighted by molar-refractivity contribution is -0.119. The van der Waals surface area contributed by atoms with Gasteiger partial charge in [-0.15, -0.1) is 0 Å². The minimum Gasteiger partial charge on any atom is -0.295 e. The standard InChI is InChI=1S/C19H28O/c1-19(2)11-14(20)10-13-7-8-16-15-5-3-4-12(15)6-9-17(16)18(13)19/h10,12,15-18H,3-9,11H2,1-2H3. The Balaban J connectivity index is 1.68. The Hall–Kier alpha value is -0.590. The van der Waals surface area contributed by atoms with E-state index in [4.69, 9.17) is 0 Å².